The van der Waals surface area contributed by atoms with Crippen LogP contribution in [0, 0.1) is 11.6 Å². The van der Waals surface area contributed by atoms with Crippen LogP contribution in [0.4, 0.5) is 8.78 Å². The van der Waals surface area contributed by atoms with Crippen molar-refractivity contribution < 1.29 is 8.78 Å². The number of hydrogen-bond acceptors (Lipinski definition) is 0. The Kier molecular flexibility index (Phi) is 3.42. The number of halogens is 3. The zero-order valence-electron chi connectivity index (χ0n) is 7.52. The monoisotopic (exact) mass is 248 g/mol. The molecule has 0 aliphatic carbocycles. The third kappa shape index (κ3) is 2.76. The quantitative estimate of drug-likeness (QED) is 0.698. The highest BCUT2D eigenvalue weighted by molar-refractivity contribution is 9.09. The van der Waals surface area contributed by atoms with E-state index in [4.69, 9.17) is 0 Å². The minimum absolute atomic E-state index is 0.102. The molecule has 0 saturated carbocycles. The first-order chi connectivity index (χ1) is 6.00. The lowest BCUT2D eigenvalue weighted by Crippen LogP contribution is -2.05. The van der Waals surface area contributed by atoms with Crippen molar-refractivity contribution in [2.75, 3.05) is 0 Å². The van der Waals surface area contributed by atoms with Gasteiger partial charge in [-0.15, -0.1) is 0 Å². The van der Waals surface area contributed by atoms with E-state index in [1.54, 1.807) is 0 Å². The van der Waals surface area contributed by atoms with Crippen molar-refractivity contribution in [1.82, 2.24) is 0 Å². The Morgan fingerprint density at radius 2 is 1.54 bits per heavy atom. The topological polar surface area (TPSA) is 0 Å². The molecule has 0 saturated heterocycles. The molecule has 13 heavy (non-hydrogen) atoms. The molecule has 72 valence electrons. The van der Waals surface area contributed by atoms with Crippen molar-refractivity contribution in [3.05, 3.63) is 35.4 Å². The van der Waals surface area contributed by atoms with Crippen LogP contribution < -0.4 is 0 Å². The van der Waals surface area contributed by atoms with E-state index in [2.05, 4.69) is 15.9 Å². The summed E-state index contributed by atoms with van der Waals surface area (Å²) in [5, 5.41) is 0. The fourth-order valence-electron chi connectivity index (χ4n) is 1.10. The van der Waals surface area contributed by atoms with Gasteiger partial charge in [-0.3, -0.25) is 0 Å². The molecule has 0 N–H and O–H groups in total. The molecule has 0 spiro atoms. The summed E-state index contributed by atoms with van der Waals surface area (Å²) in [6, 6.07) is 3.62. The van der Waals surface area contributed by atoms with Gasteiger partial charge >= 0.3 is 0 Å². The van der Waals surface area contributed by atoms with Crippen molar-refractivity contribution in [1.29, 1.82) is 0 Å². The maximum atomic E-state index is 12.8. The van der Waals surface area contributed by atoms with Gasteiger partial charge in [0.25, 0.3) is 0 Å². The minimum atomic E-state index is -0.519. The van der Waals surface area contributed by atoms with E-state index in [-0.39, 0.29) is 10.7 Å². The maximum Gasteiger partial charge on any atom is 0.126 e. The molecule has 3 heteroatoms. The van der Waals surface area contributed by atoms with E-state index in [1.807, 2.05) is 13.8 Å². The van der Waals surface area contributed by atoms with Crippen molar-refractivity contribution in [3.8, 4) is 0 Å². The van der Waals surface area contributed by atoms with E-state index in [0.717, 1.165) is 6.07 Å². The SMILES string of the molecule is CC(Br)C(C)c1cc(F)cc(F)c1. The van der Waals surface area contributed by atoms with Crippen LogP contribution in [0.25, 0.3) is 0 Å². The predicted molar refractivity (Wildman–Crippen MR) is 53.2 cm³/mol. The molecule has 1 rings (SSSR count). The van der Waals surface area contributed by atoms with Crippen LogP contribution in [-0.2, 0) is 0 Å². The average Bonchev–Trinajstić information content (AvgIpc) is 2.01. The van der Waals surface area contributed by atoms with Crippen molar-refractivity contribution in [2.45, 2.75) is 24.6 Å². The summed E-state index contributed by atoms with van der Waals surface area (Å²) < 4.78 is 25.6. The number of hydrogen-bond donors (Lipinski definition) is 0. The Morgan fingerprint density at radius 3 is 1.92 bits per heavy atom. The Morgan fingerprint density at radius 1 is 1.08 bits per heavy atom. The van der Waals surface area contributed by atoms with Gasteiger partial charge in [0.15, 0.2) is 0 Å². The summed E-state index contributed by atoms with van der Waals surface area (Å²) >= 11 is 3.38. The highest BCUT2D eigenvalue weighted by Gasteiger charge is 2.12. The van der Waals surface area contributed by atoms with Gasteiger partial charge in [-0.05, 0) is 23.6 Å². The lowest BCUT2D eigenvalue weighted by molar-refractivity contribution is 0.575. The predicted octanol–water partition coefficient (Wildman–Crippen LogP) is 3.85. The summed E-state index contributed by atoms with van der Waals surface area (Å²) in [6.07, 6.45) is 0. The normalized spacial score (nSPS) is 15.5. The second kappa shape index (κ2) is 4.18. The second-order valence-corrected chi connectivity index (χ2v) is 4.61. The summed E-state index contributed by atoms with van der Waals surface area (Å²) in [6.45, 7) is 3.88. The summed E-state index contributed by atoms with van der Waals surface area (Å²) in [7, 11) is 0. The molecule has 1 aromatic carbocycles. The van der Waals surface area contributed by atoms with Crippen molar-refractivity contribution >= 4 is 15.9 Å². The molecule has 0 bridgehead atoms. The first-order valence-electron chi connectivity index (χ1n) is 4.10. The molecule has 0 fully saturated rings. The molecule has 0 aromatic heterocycles. The lowest BCUT2D eigenvalue weighted by atomic mass is 9.98. The van der Waals surface area contributed by atoms with Gasteiger partial charge in [0.1, 0.15) is 11.6 Å². The first kappa shape index (κ1) is 10.6. The Bertz CT molecular complexity index is 277. The van der Waals surface area contributed by atoms with Gasteiger partial charge in [0.05, 0.1) is 0 Å². The highest BCUT2D eigenvalue weighted by Crippen LogP contribution is 2.25. The summed E-state index contributed by atoms with van der Waals surface area (Å²) in [4.78, 5) is 0.202. The second-order valence-electron chi connectivity index (χ2n) is 3.17. The van der Waals surface area contributed by atoms with Gasteiger partial charge < -0.3 is 0 Å². The fraction of sp³-hybridized carbons (Fsp3) is 0.400. The zero-order valence-corrected chi connectivity index (χ0v) is 9.11. The third-order valence-corrected chi connectivity index (χ3v) is 2.89. The van der Waals surface area contributed by atoms with Crippen molar-refractivity contribution in [3.63, 3.8) is 0 Å². The Balaban J connectivity index is 3.01. The lowest BCUT2D eigenvalue weighted by Gasteiger charge is -2.14. The third-order valence-electron chi connectivity index (χ3n) is 2.10. The summed E-state index contributed by atoms with van der Waals surface area (Å²) in [5.41, 5.74) is 0.682. The molecular formula is C10H11BrF2. The molecule has 0 aliphatic rings. The molecule has 0 aliphatic heterocycles. The van der Waals surface area contributed by atoms with E-state index in [9.17, 15) is 8.78 Å². The maximum absolute atomic E-state index is 12.8. The molecule has 0 radical (unpaired) electrons. The fourth-order valence-corrected chi connectivity index (χ4v) is 1.41. The van der Waals surface area contributed by atoms with Crippen LogP contribution in [0.3, 0.4) is 0 Å². The standard InChI is InChI=1S/C10H11BrF2/c1-6(7(2)11)8-3-9(12)5-10(13)4-8/h3-7H,1-2H3. The Labute approximate surface area is 85.1 Å². The minimum Gasteiger partial charge on any atom is -0.207 e. The van der Waals surface area contributed by atoms with Crippen molar-refractivity contribution in [2.24, 2.45) is 0 Å². The smallest absolute Gasteiger partial charge is 0.126 e. The molecule has 1 aromatic rings. The zero-order chi connectivity index (χ0) is 10.0. The summed E-state index contributed by atoms with van der Waals surface area (Å²) in [5.74, 6) is -0.935. The van der Waals surface area contributed by atoms with Gasteiger partial charge in [-0.2, -0.15) is 0 Å². The average molecular weight is 249 g/mol. The van der Waals surface area contributed by atoms with E-state index < -0.39 is 11.6 Å². The molecule has 0 heterocycles. The van der Waals surface area contributed by atoms with Gasteiger partial charge in [0, 0.05) is 10.9 Å². The van der Waals surface area contributed by atoms with E-state index in [0.29, 0.717) is 5.56 Å². The van der Waals surface area contributed by atoms with Crippen LogP contribution in [0.5, 0.6) is 0 Å². The molecular weight excluding hydrogens is 238 g/mol. The van der Waals surface area contributed by atoms with Crippen LogP contribution in [0.15, 0.2) is 18.2 Å². The number of alkyl halides is 1. The number of rotatable bonds is 2. The molecule has 2 atom stereocenters. The van der Waals surface area contributed by atoms with Crippen LogP contribution >= 0.6 is 15.9 Å². The Hall–Kier alpha value is -0.440. The largest absolute Gasteiger partial charge is 0.207 e. The van der Waals surface area contributed by atoms with Crippen LogP contribution in [-0.4, -0.2) is 4.83 Å². The van der Waals surface area contributed by atoms with E-state index in [1.165, 1.54) is 12.1 Å². The van der Waals surface area contributed by atoms with Gasteiger partial charge in [-0.25, -0.2) is 8.78 Å². The van der Waals surface area contributed by atoms with Crippen LogP contribution in [0.2, 0.25) is 0 Å². The van der Waals surface area contributed by atoms with Gasteiger partial charge in [-0.1, -0.05) is 29.8 Å². The van der Waals surface area contributed by atoms with Gasteiger partial charge in [0.2, 0.25) is 0 Å². The number of benzene rings is 1. The molecule has 0 nitrogen and oxygen atoms in total. The highest BCUT2D eigenvalue weighted by atomic mass is 79.9. The molecule has 0 amide bonds. The van der Waals surface area contributed by atoms with Crippen LogP contribution in [0.1, 0.15) is 25.3 Å². The molecule has 2 unspecified atom stereocenters. The first-order valence-corrected chi connectivity index (χ1v) is 5.02. The van der Waals surface area contributed by atoms with E-state index >= 15 is 0 Å².